The molecule has 3 heteroatoms. The maximum atomic E-state index is 13.2. The van der Waals surface area contributed by atoms with Crippen LogP contribution in [0.4, 0.5) is 4.39 Å². The van der Waals surface area contributed by atoms with Gasteiger partial charge in [-0.2, -0.15) is 0 Å². The molecule has 1 heterocycles. The maximum Gasteiger partial charge on any atom is 0.156 e. The highest BCUT2D eigenvalue weighted by atomic mass is 79.9. The van der Waals surface area contributed by atoms with E-state index in [0.717, 1.165) is 11.3 Å². The fourth-order valence-corrected chi connectivity index (χ4v) is 1.69. The second kappa shape index (κ2) is 3.37. The van der Waals surface area contributed by atoms with E-state index in [2.05, 4.69) is 20.9 Å². The van der Waals surface area contributed by atoms with E-state index in [1.807, 2.05) is 27.7 Å². The first kappa shape index (κ1) is 10.6. The first-order valence-electron chi connectivity index (χ1n) is 4.15. The van der Waals surface area contributed by atoms with Gasteiger partial charge in [0.25, 0.3) is 0 Å². The summed E-state index contributed by atoms with van der Waals surface area (Å²) in [6.07, 6.45) is 0. The third-order valence-electron chi connectivity index (χ3n) is 1.93. The summed E-state index contributed by atoms with van der Waals surface area (Å²) in [5, 5.41) is 0. The number of aryl methyl sites for hydroxylation is 1. The van der Waals surface area contributed by atoms with Crippen molar-refractivity contribution in [2.75, 3.05) is 0 Å². The van der Waals surface area contributed by atoms with E-state index in [9.17, 15) is 4.39 Å². The van der Waals surface area contributed by atoms with Crippen LogP contribution in [-0.2, 0) is 5.41 Å². The van der Waals surface area contributed by atoms with Crippen LogP contribution >= 0.6 is 15.9 Å². The molecule has 0 saturated heterocycles. The molecule has 0 radical (unpaired) electrons. The minimum atomic E-state index is -0.296. The van der Waals surface area contributed by atoms with Crippen LogP contribution in [0.2, 0.25) is 0 Å². The molecule has 0 aliphatic rings. The molecule has 0 fully saturated rings. The lowest BCUT2D eigenvalue weighted by atomic mass is 9.86. The highest BCUT2D eigenvalue weighted by Gasteiger charge is 2.19. The van der Waals surface area contributed by atoms with Crippen molar-refractivity contribution in [3.8, 4) is 0 Å². The van der Waals surface area contributed by atoms with Crippen LogP contribution in [0.15, 0.2) is 10.7 Å². The summed E-state index contributed by atoms with van der Waals surface area (Å²) >= 11 is 3.06. The van der Waals surface area contributed by atoms with Gasteiger partial charge in [0, 0.05) is 5.69 Å². The molecule has 1 nitrogen and oxygen atoms in total. The Balaban J connectivity index is 3.32. The molecule has 0 spiro atoms. The van der Waals surface area contributed by atoms with Crippen LogP contribution in [0.25, 0.3) is 0 Å². The Morgan fingerprint density at radius 3 is 2.38 bits per heavy atom. The Labute approximate surface area is 86.5 Å². The molecule has 0 aliphatic carbocycles. The number of pyridine rings is 1. The van der Waals surface area contributed by atoms with Crippen molar-refractivity contribution in [1.82, 2.24) is 4.98 Å². The number of aromatic nitrogens is 1. The van der Waals surface area contributed by atoms with Gasteiger partial charge < -0.3 is 0 Å². The first-order chi connectivity index (χ1) is 5.82. The molecule has 0 saturated carbocycles. The summed E-state index contributed by atoms with van der Waals surface area (Å²) in [5.74, 6) is -0.296. The Morgan fingerprint density at radius 1 is 1.38 bits per heavy atom. The fourth-order valence-electron chi connectivity index (χ4n) is 1.31. The van der Waals surface area contributed by atoms with Crippen LogP contribution < -0.4 is 0 Å². The average molecular weight is 246 g/mol. The Morgan fingerprint density at radius 2 is 1.92 bits per heavy atom. The van der Waals surface area contributed by atoms with E-state index in [4.69, 9.17) is 0 Å². The standard InChI is InChI=1S/C10H13BrFN/c1-6-7(10(2,3)4)5-8(12)9(11)13-6/h5H,1-4H3. The van der Waals surface area contributed by atoms with Crippen LogP contribution in [0.1, 0.15) is 32.0 Å². The summed E-state index contributed by atoms with van der Waals surface area (Å²) in [6.45, 7) is 8.03. The highest BCUT2D eigenvalue weighted by Crippen LogP contribution is 2.27. The second-order valence-corrected chi connectivity index (χ2v) is 4.90. The lowest BCUT2D eigenvalue weighted by Crippen LogP contribution is -2.14. The van der Waals surface area contributed by atoms with Gasteiger partial charge in [0.2, 0.25) is 0 Å². The van der Waals surface area contributed by atoms with Gasteiger partial charge in [-0.25, -0.2) is 9.37 Å². The molecular formula is C10H13BrFN. The van der Waals surface area contributed by atoms with E-state index in [-0.39, 0.29) is 15.8 Å². The number of nitrogens with zero attached hydrogens (tertiary/aromatic N) is 1. The van der Waals surface area contributed by atoms with Crippen molar-refractivity contribution in [2.24, 2.45) is 0 Å². The maximum absolute atomic E-state index is 13.2. The van der Waals surface area contributed by atoms with E-state index >= 15 is 0 Å². The zero-order valence-electron chi connectivity index (χ0n) is 8.28. The van der Waals surface area contributed by atoms with Gasteiger partial charge >= 0.3 is 0 Å². The molecule has 0 aliphatic heterocycles. The molecule has 1 aromatic heterocycles. The second-order valence-electron chi connectivity index (χ2n) is 4.14. The molecule has 13 heavy (non-hydrogen) atoms. The number of hydrogen-bond acceptors (Lipinski definition) is 1. The van der Waals surface area contributed by atoms with Gasteiger partial charge in [-0.05, 0) is 39.9 Å². The average Bonchev–Trinajstić information content (AvgIpc) is 1.94. The van der Waals surface area contributed by atoms with Gasteiger partial charge in [0.05, 0.1) is 0 Å². The van der Waals surface area contributed by atoms with Gasteiger partial charge in [-0.1, -0.05) is 20.8 Å². The van der Waals surface area contributed by atoms with E-state index < -0.39 is 0 Å². The van der Waals surface area contributed by atoms with Crippen LogP contribution in [0, 0.1) is 12.7 Å². The number of halogens is 2. The smallest absolute Gasteiger partial charge is 0.156 e. The number of hydrogen-bond donors (Lipinski definition) is 0. The van der Waals surface area contributed by atoms with Crippen LogP contribution in [0.3, 0.4) is 0 Å². The molecule has 0 unspecified atom stereocenters. The van der Waals surface area contributed by atoms with E-state index in [1.165, 1.54) is 0 Å². The van der Waals surface area contributed by atoms with Crippen molar-refractivity contribution in [3.63, 3.8) is 0 Å². The lowest BCUT2D eigenvalue weighted by molar-refractivity contribution is 0.557. The summed E-state index contributed by atoms with van der Waals surface area (Å²) in [5.41, 5.74) is 1.77. The van der Waals surface area contributed by atoms with Crippen molar-refractivity contribution in [3.05, 3.63) is 27.7 Å². The monoisotopic (exact) mass is 245 g/mol. The van der Waals surface area contributed by atoms with Crippen molar-refractivity contribution in [1.29, 1.82) is 0 Å². The van der Waals surface area contributed by atoms with E-state index in [0.29, 0.717) is 0 Å². The van der Waals surface area contributed by atoms with Gasteiger partial charge in [-0.3, -0.25) is 0 Å². The summed E-state index contributed by atoms with van der Waals surface area (Å²) in [6, 6.07) is 1.55. The first-order valence-corrected chi connectivity index (χ1v) is 4.95. The van der Waals surface area contributed by atoms with Crippen LogP contribution in [0.5, 0.6) is 0 Å². The van der Waals surface area contributed by atoms with Gasteiger partial charge in [-0.15, -0.1) is 0 Å². The van der Waals surface area contributed by atoms with Gasteiger partial charge in [0.1, 0.15) is 4.60 Å². The summed E-state index contributed by atoms with van der Waals surface area (Å²) in [4.78, 5) is 4.08. The predicted molar refractivity (Wildman–Crippen MR) is 55.3 cm³/mol. The Kier molecular flexibility index (Phi) is 2.76. The fraction of sp³-hybridized carbons (Fsp3) is 0.500. The Hall–Kier alpha value is -0.440. The van der Waals surface area contributed by atoms with E-state index in [1.54, 1.807) is 6.07 Å². The molecule has 1 rings (SSSR count). The Bertz CT molecular complexity index is 328. The predicted octanol–water partition coefficient (Wildman–Crippen LogP) is 3.59. The molecule has 0 atom stereocenters. The molecule has 1 aromatic rings. The number of rotatable bonds is 0. The SMILES string of the molecule is Cc1nc(Br)c(F)cc1C(C)(C)C. The quantitative estimate of drug-likeness (QED) is 0.637. The van der Waals surface area contributed by atoms with Crippen LogP contribution in [-0.4, -0.2) is 4.98 Å². The summed E-state index contributed by atoms with van der Waals surface area (Å²) < 4.78 is 13.5. The molecule has 0 N–H and O–H groups in total. The summed E-state index contributed by atoms with van der Waals surface area (Å²) in [7, 11) is 0. The third kappa shape index (κ3) is 2.27. The van der Waals surface area contributed by atoms with Crippen molar-refractivity contribution in [2.45, 2.75) is 33.1 Å². The molecule has 0 aromatic carbocycles. The molecular weight excluding hydrogens is 233 g/mol. The van der Waals surface area contributed by atoms with Gasteiger partial charge in [0.15, 0.2) is 5.82 Å². The zero-order chi connectivity index (χ0) is 10.2. The van der Waals surface area contributed by atoms with Crippen molar-refractivity contribution >= 4 is 15.9 Å². The molecule has 72 valence electrons. The minimum Gasteiger partial charge on any atom is -0.243 e. The molecule has 0 bridgehead atoms. The largest absolute Gasteiger partial charge is 0.243 e. The molecule has 0 amide bonds. The topological polar surface area (TPSA) is 12.9 Å². The third-order valence-corrected chi connectivity index (χ3v) is 2.49. The highest BCUT2D eigenvalue weighted by molar-refractivity contribution is 9.10. The minimum absolute atomic E-state index is 0.0569. The lowest BCUT2D eigenvalue weighted by Gasteiger charge is -2.21. The van der Waals surface area contributed by atoms with Crippen molar-refractivity contribution < 1.29 is 4.39 Å². The normalized spacial score (nSPS) is 11.8. The zero-order valence-corrected chi connectivity index (χ0v) is 9.87.